The van der Waals surface area contributed by atoms with Crippen LogP contribution < -0.4 is 4.90 Å². The summed E-state index contributed by atoms with van der Waals surface area (Å²) in [6.07, 6.45) is 4.08. The lowest BCUT2D eigenvalue weighted by Gasteiger charge is -2.37. The Hall–Kier alpha value is -1.69. The zero-order valence-corrected chi connectivity index (χ0v) is 10.5. The van der Waals surface area contributed by atoms with Crippen LogP contribution >= 0.6 is 0 Å². The van der Waals surface area contributed by atoms with Gasteiger partial charge in [-0.2, -0.15) is 0 Å². The summed E-state index contributed by atoms with van der Waals surface area (Å²) in [6.45, 7) is 4.93. The monoisotopic (exact) mass is 250 g/mol. The summed E-state index contributed by atoms with van der Waals surface area (Å²) in [5.74, 6) is -0.0116. The number of aliphatic carboxylic acids is 1. The largest absolute Gasteiger partial charge is 0.480 e. The topological polar surface area (TPSA) is 69.6 Å². The summed E-state index contributed by atoms with van der Waals surface area (Å²) >= 11 is 0. The Bertz CT molecular complexity index is 390. The Balaban J connectivity index is 1.94. The predicted octanol–water partition coefficient (Wildman–Crippen LogP) is 0.462. The van der Waals surface area contributed by atoms with Crippen LogP contribution in [0.5, 0.6) is 0 Å². The SMILES string of the molecule is CC[C@H](C(=O)O)N1CCN(c2ncccn2)CC1. The number of hydrogen-bond donors (Lipinski definition) is 1. The quantitative estimate of drug-likeness (QED) is 0.837. The second-order valence-electron chi connectivity index (χ2n) is 4.33. The van der Waals surface area contributed by atoms with Gasteiger partial charge in [-0.15, -0.1) is 0 Å². The van der Waals surface area contributed by atoms with Gasteiger partial charge in [0.15, 0.2) is 0 Å². The van der Waals surface area contributed by atoms with Crippen molar-refractivity contribution >= 4 is 11.9 Å². The average molecular weight is 250 g/mol. The van der Waals surface area contributed by atoms with Crippen molar-refractivity contribution in [2.45, 2.75) is 19.4 Å². The van der Waals surface area contributed by atoms with E-state index in [0.717, 1.165) is 32.1 Å². The fourth-order valence-corrected chi connectivity index (χ4v) is 2.28. The van der Waals surface area contributed by atoms with Crippen molar-refractivity contribution < 1.29 is 9.90 Å². The van der Waals surface area contributed by atoms with Crippen LogP contribution in [0.15, 0.2) is 18.5 Å². The van der Waals surface area contributed by atoms with Crippen molar-refractivity contribution in [2.75, 3.05) is 31.1 Å². The van der Waals surface area contributed by atoms with Gasteiger partial charge < -0.3 is 10.0 Å². The fraction of sp³-hybridized carbons (Fsp3) is 0.583. The molecule has 6 nitrogen and oxygen atoms in total. The van der Waals surface area contributed by atoms with Crippen molar-refractivity contribution in [3.8, 4) is 0 Å². The zero-order valence-electron chi connectivity index (χ0n) is 10.5. The number of rotatable bonds is 4. The highest BCUT2D eigenvalue weighted by Crippen LogP contribution is 2.13. The number of aromatic nitrogens is 2. The van der Waals surface area contributed by atoms with Gasteiger partial charge in [0.05, 0.1) is 0 Å². The Morgan fingerprint density at radius 1 is 1.33 bits per heavy atom. The molecule has 6 heteroatoms. The fourth-order valence-electron chi connectivity index (χ4n) is 2.28. The molecule has 1 aromatic rings. The first kappa shape index (κ1) is 12.8. The maximum atomic E-state index is 11.1. The zero-order chi connectivity index (χ0) is 13.0. The Labute approximate surface area is 106 Å². The molecule has 1 N–H and O–H groups in total. The lowest BCUT2D eigenvalue weighted by atomic mass is 10.1. The Kier molecular flexibility index (Phi) is 4.09. The molecule has 0 amide bonds. The molecule has 2 heterocycles. The molecule has 0 radical (unpaired) electrons. The first-order valence-electron chi connectivity index (χ1n) is 6.21. The van der Waals surface area contributed by atoms with E-state index >= 15 is 0 Å². The molecule has 0 saturated carbocycles. The summed E-state index contributed by atoms with van der Waals surface area (Å²) in [6, 6.07) is 1.42. The van der Waals surface area contributed by atoms with E-state index in [1.165, 1.54) is 0 Å². The van der Waals surface area contributed by atoms with Crippen LogP contribution in [0.4, 0.5) is 5.95 Å². The molecule has 0 aromatic carbocycles. The minimum absolute atomic E-state index is 0.371. The number of carboxylic acid groups (broad SMARTS) is 1. The van der Waals surface area contributed by atoms with Crippen LogP contribution in [-0.4, -0.2) is 58.2 Å². The van der Waals surface area contributed by atoms with E-state index in [9.17, 15) is 4.79 Å². The van der Waals surface area contributed by atoms with E-state index in [1.54, 1.807) is 18.5 Å². The normalized spacial score (nSPS) is 18.6. The van der Waals surface area contributed by atoms with Crippen LogP contribution in [0, 0.1) is 0 Å². The number of nitrogens with zero attached hydrogens (tertiary/aromatic N) is 4. The summed E-state index contributed by atoms with van der Waals surface area (Å²) in [7, 11) is 0. The number of anilines is 1. The smallest absolute Gasteiger partial charge is 0.320 e. The Morgan fingerprint density at radius 3 is 2.44 bits per heavy atom. The summed E-state index contributed by atoms with van der Waals surface area (Å²) < 4.78 is 0. The van der Waals surface area contributed by atoms with E-state index in [4.69, 9.17) is 5.11 Å². The minimum Gasteiger partial charge on any atom is -0.480 e. The molecule has 1 aliphatic heterocycles. The third-order valence-corrected chi connectivity index (χ3v) is 3.26. The lowest BCUT2D eigenvalue weighted by Crippen LogP contribution is -2.52. The Morgan fingerprint density at radius 2 is 1.94 bits per heavy atom. The molecular formula is C12H18N4O2. The van der Waals surface area contributed by atoms with Gasteiger partial charge in [-0.25, -0.2) is 9.97 Å². The number of carbonyl (C=O) groups is 1. The van der Waals surface area contributed by atoms with Crippen LogP contribution in [-0.2, 0) is 4.79 Å². The predicted molar refractivity (Wildman–Crippen MR) is 67.5 cm³/mol. The van der Waals surface area contributed by atoms with Gasteiger partial charge in [0.1, 0.15) is 6.04 Å². The van der Waals surface area contributed by atoms with Gasteiger partial charge in [0, 0.05) is 38.6 Å². The molecule has 1 aromatic heterocycles. The lowest BCUT2D eigenvalue weighted by molar-refractivity contribution is -0.143. The number of hydrogen-bond acceptors (Lipinski definition) is 5. The molecule has 2 rings (SSSR count). The molecule has 1 atom stereocenters. The van der Waals surface area contributed by atoms with E-state index < -0.39 is 5.97 Å². The molecule has 18 heavy (non-hydrogen) atoms. The second-order valence-corrected chi connectivity index (χ2v) is 4.33. The van der Waals surface area contributed by atoms with Gasteiger partial charge in [-0.05, 0) is 12.5 Å². The molecule has 0 aliphatic carbocycles. The van der Waals surface area contributed by atoms with Gasteiger partial charge in [-0.3, -0.25) is 9.69 Å². The third kappa shape index (κ3) is 2.76. The molecule has 0 unspecified atom stereocenters. The average Bonchev–Trinajstić information content (AvgIpc) is 2.41. The highest BCUT2D eigenvalue weighted by atomic mass is 16.4. The first-order chi connectivity index (χ1) is 8.72. The van der Waals surface area contributed by atoms with E-state index in [0.29, 0.717) is 6.42 Å². The van der Waals surface area contributed by atoms with Crippen molar-refractivity contribution in [1.29, 1.82) is 0 Å². The molecule has 0 spiro atoms. The molecule has 1 aliphatic rings. The van der Waals surface area contributed by atoms with E-state index in [2.05, 4.69) is 14.9 Å². The molecule has 0 bridgehead atoms. The van der Waals surface area contributed by atoms with Crippen LogP contribution in [0.3, 0.4) is 0 Å². The maximum Gasteiger partial charge on any atom is 0.320 e. The van der Waals surface area contributed by atoms with Crippen LogP contribution in [0.1, 0.15) is 13.3 Å². The number of carboxylic acids is 1. The molecule has 1 fully saturated rings. The summed E-state index contributed by atoms with van der Waals surface area (Å²) in [4.78, 5) is 23.6. The van der Waals surface area contributed by atoms with Gasteiger partial charge in [0.2, 0.25) is 5.95 Å². The van der Waals surface area contributed by atoms with Crippen molar-refractivity contribution in [2.24, 2.45) is 0 Å². The molecular weight excluding hydrogens is 232 g/mol. The van der Waals surface area contributed by atoms with Gasteiger partial charge >= 0.3 is 5.97 Å². The molecule has 98 valence electrons. The minimum atomic E-state index is -0.734. The van der Waals surface area contributed by atoms with Crippen molar-refractivity contribution in [1.82, 2.24) is 14.9 Å². The summed E-state index contributed by atoms with van der Waals surface area (Å²) in [5, 5.41) is 9.13. The highest BCUT2D eigenvalue weighted by molar-refractivity contribution is 5.73. The second kappa shape index (κ2) is 5.77. The first-order valence-corrected chi connectivity index (χ1v) is 6.21. The van der Waals surface area contributed by atoms with Gasteiger partial charge in [-0.1, -0.05) is 6.92 Å². The summed E-state index contributed by atoms with van der Waals surface area (Å²) in [5.41, 5.74) is 0. The van der Waals surface area contributed by atoms with Crippen molar-refractivity contribution in [3.05, 3.63) is 18.5 Å². The van der Waals surface area contributed by atoms with E-state index in [1.807, 2.05) is 11.8 Å². The molecule has 1 saturated heterocycles. The van der Waals surface area contributed by atoms with Gasteiger partial charge in [0.25, 0.3) is 0 Å². The maximum absolute atomic E-state index is 11.1. The van der Waals surface area contributed by atoms with Crippen LogP contribution in [0.25, 0.3) is 0 Å². The van der Waals surface area contributed by atoms with Crippen LogP contribution in [0.2, 0.25) is 0 Å². The number of piperazine rings is 1. The highest BCUT2D eigenvalue weighted by Gasteiger charge is 2.27. The standard InChI is InChI=1S/C12H18N4O2/c1-2-10(11(17)18)15-6-8-16(9-7-15)12-13-4-3-5-14-12/h3-5,10H,2,6-9H2,1H3,(H,17,18)/t10-/m1/s1. The third-order valence-electron chi connectivity index (χ3n) is 3.26. The van der Waals surface area contributed by atoms with Crippen molar-refractivity contribution in [3.63, 3.8) is 0 Å². The van der Waals surface area contributed by atoms with E-state index in [-0.39, 0.29) is 6.04 Å².